The van der Waals surface area contributed by atoms with Crippen LogP contribution in [-0.2, 0) is 6.42 Å². The summed E-state index contributed by atoms with van der Waals surface area (Å²) in [6.07, 6.45) is 2.97. The SMILES string of the molecule is C=CCc1c(C=O)c(OC)cc(OC)c1OC(C)C. The number of hydrogen-bond acceptors (Lipinski definition) is 4. The largest absolute Gasteiger partial charge is 0.496 e. The van der Waals surface area contributed by atoms with Gasteiger partial charge in [-0.15, -0.1) is 6.58 Å². The predicted molar refractivity (Wildman–Crippen MR) is 74.6 cm³/mol. The fourth-order valence-corrected chi connectivity index (χ4v) is 1.84. The van der Waals surface area contributed by atoms with Crippen molar-refractivity contribution < 1.29 is 19.0 Å². The van der Waals surface area contributed by atoms with Crippen LogP contribution in [0, 0.1) is 0 Å². The lowest BCUT2D eigenvalue weighted by Gasteiger charge is -2.20. The van der Waals surface area contributed by atoms with Gasteiger partial charge < -0.3 is 14.2 Å². The van der Waals surface area contributed by atoms with E-state index in [2.05, 4.69) is 6.58 Å². The van der Waals surface area contributed by atoms with E-state index in [4.69, 9.17) is 14.2 Å². The van der Waals surface area contributed by atoms with Crippen LogP contribution in [0.25, 0.3) is 0 Å². The summed E-state index contributed by atoms with van der Waals surface area (Å²) in [5, 5.41) is 0. The Kier molecular flexibility index (Phi) is 5.42. The van der Waals surface area contributed by atoms with Crippen LogP contribution in [0.3, 0.4) is 0 Å². The van der Waals surface area contributed by atoms with Gasteiger partial charge in [0.15, 0.2) is 17.8 Å². The number of methoxy groups -OCH3 is 2. The Labute approximate surface area is 114 Å². The number of carbonyl (C=O) groups excluding carboxylic acids is 1. The van der Waals surface area contributed by atoms with Gasteiger partial charge in [-0.25, -0.2) is 0 Å². The Balaban J connectivity index is 3.54. The third-order valence-corrected chi connectivity index (χ3v) is 2.61. The highest BCUT2D eigenvalue weighted by Gasteiger charge is 2.20. The van der Waals surface area contributed by atoms with E-state index in [-0.39, 0.29) is 6.10 Å². The molecule has 0 saturated heterocycles. The van der Waals surface area contributed by atoms with Crippen LogP contribution in [0.4, 0.5) is 0 Å². The maximum atomic E-state index is 11.3. The third kappa shape index (κ3) is 3.28. The Morgan fingerprint density at radius 2 is 1.89 bits per heavy atom. The van der Waals surface area contributed by atoms with E-state index < -0.39 is 0 Å². The molecule has 0 radical (unpaired) electrons. The molecular weight excluding hydrogens is 244 g/mol. The summed E-state index contributed by atoms with van der Waals surface area (Å²) >= 11 is 0. The summed E-state index contributed by atoms with van der Waals surface area (Å²) in [6.45, 7) is 7.55. The van der Waals surface area contributed by atoms with Crippen molar-refractivity contribution >= 4 is 6.29 Å². The molecule has 1 aromatic rings. The average molecular weight is 264 g/mol. The molecule has 0 amide bonds. The standard InChI is InChI=1S/C15H20O4/c1-6-7-11-12(9-16)13(17-4)8-14(18-5)15(11)19-10(2)3/h6,8-10H,1,7H2,2-5H3. The smallest absolute Gasteiger partial charge is 0.166 e. The van der Waals surface area contributed by atoms with Gasteiger partial charge in [0.2, 0.25) is 0 Å². The van der Waals surface area contributed by atoms with Gasteiger partial charge in [-0.3, -0.25) is 4.79 Å². The number of aldehydes is 1. The van der Waals surface area contributed by atoms with Crippen molar-refractivity contribution in [2.45, 2.75) is 26.4 Å². The van der Waals surface area contributed by atoms with Gasteiger partial charge >= 0.3 is 0 Å². The Morgan fingerprint density at radius 3 is 2.32 bits per heavy atom. The van der Waals surface area contributed by atoms with Crippen molar-refractivity contribution in [3.05, 3.63) is 29.8 Å². The second-order valence-corrected chi connectivity index (χ2v) is 4.28. The first kappa shape index (κ1) is 15.1. The lowest BCUT2D eigenvalue weighted by molar-refractivity contribution is 0.111. The molecule has 0 N–H and O–H groups in total. The zero-order valence-corrected chi connectivity index (χ0v) is 11.9. The van der Waals surface area contributed by atoms with E-state index in [1.54, 1.807) is 19.3 Å². The molecule has 0 atom stereocenters. The van der Waals surface area contributed by atoms with Crippen molar-refractivity contribution in [1.82, 2.24) is 0 Å². The molecule has 19 heavy (non-hydrogen) atoms. The van der Waals surface area contributed by atoms with Gasteiger partial charge in [-0.1, -0.05) is 6.08 Å². The molecular formula is C15H20O4. The molecule has 0 unspecified atom stereocenters. The van der Waals surface area contributed by atoms with E-state index in [9.17, 15) is 4.79 Å². The minimum atomic E-state index is -0.0228. The summed E-state index contributed by atoms with van der Waals surface area (Å²) in [5.41, 5.74) is 1.20. The minimum Gasteiger partial charge on any atom is -0.496 e. The number of carbonyl (C=O) groups is 1. The van der Waals surface area contributed by atoms with Crippen LogP contribution >= 0.6 is 0 Å². The molecule has 1 rings (SSSR count). The number of allylic oxidation sites excluding steroid dienone is 1. The number of hydrogen-bond donors (Lipinski definition) is 0. The highest BCUT2D eigenvalue weighted by molar-refractivity contribution is 5.84. The predicted octanol–water partition coefficient (Wildman–Crippen LogP) is 3.03. The first-order valence-electron chi connectivity index (χ1n) is 6.09. The van der Waals surface area contributed by atoms with E-state index in [1.807, 2.05) is 13.8 Å². The summed E-state index contributed by atoms with van der Waals surface area (Å²) < 4.78 is 16.3. The van der Waals surface area contributed by atoms with E-state index >= 15 is 0 Å². The number of rotatable bonds is 7. The van der Waals surface area contributed by atoms with Crippen LogP contribution < -0.4 is 14.2 Å². The van der Waals surface area contributed by atoms with Gasteiger partial charge in [0.1, 0.15) is 5.75 Å². The zero-order valence-electron chi connectivity index (χ0n) is 11.9. The van der Waals surface area contributed by atoms with Crippen molar-refractivity contribution in [2.75, 3.05) is 14.2 Å². The van der Waals surface area contributed by atoms with Crippen molar-refractivity contribution in [3.8, 4) is 17.2 Å². The summed E-state index contributed by atoms with van der Waals surface area (Å²) in [4.78, 5) is 11.3. The van der Waals surface area contributed by atoms with Crippen LogP contribution in [0.15, 0.2) is 18.7 Å². The fraction of sp³-hybridized carbons (Fsp3) is 0.400. The van der Waals surface area contributed by atoms with Crippen LogP contribution in [0.1, 0.15) is 29.8 Å². The molecule has 0 fully saturated rings. The molecule has 0 saturated carbocycles. The van der Waals surface area contributed by atoms with Gasteiger partial charge in [-0.2, -0.15) is 0 Å². The van der Waals surface area contributed by atoms with E-state index in [0.717, 1.165) is 11.8 Å². The lowest BCUT2D eigenvalue weighted by Crippen LogP contribution is -2.11. The van der Waals surface area contributed by atoms with E-state index in [1.165, 1.54) is 7.11 Å². The molecule has 4 heteroatoms. The molecule has 0 bridgehead atoms. The number of ether oxygens (including phenoxy) is 3. The average Bonchev–Trinajstić information content (AvgIpc) is 2.39. The van der Waals surface area contributed by atoms with Crippen LogP contribution in [0.2, 0.25) is 0 Å². The molecule has 0 aliphatic rings. The molecule has 1 aromatic carbocycles. The Morgan fingerprint density at radius 1 is 1.26 bits per heavy atom. The quantitative estimate of drug-likeness (QED) is 0.561. The molecule has 0 aliphatic heterocycles. The van der Waals surface area contributed by atoms with E-state index in [0.29, 0.717) is 29.2 Å². The zero-order chi connectivity index (χ0) is 14.4. The lowest BCUT2D eigenvalue weighted by atomic mass is 10.0. The van der Waals surface area contributed by atoms with Crippen LogP contribution in [0.5, 0.6) is 17.2 Å². The van der Waals surface area contributed by atoms with Gasteiger partial charge in [0.05, 0.1) is 25.9 Å². The maximum Gasteiger partial charge on any atom is 0.166 e. The molecule has 0 spiro atoms. The van der Waals surface area contributed by atoms with Gasteiger partial charge in [0.25, 0.3) is 0 Å². The van der Waals surface area contributed by atoms with Crippen molar-refractivity contribution in [2.24, 2.45) is 0 Å². The van der Waals surface area contributed by atoms with Gasteiger partial charge in [0, 0.05) is 11.6 Å². The highest BCUT2D eigenvalue weighted by atomic mass is 16.5. The Hall–Kier alpha value is -1.97. The Bertz CT molecular complexity index is 464. The molecule has 0 aliphatic carbocycles. The molecule has 104 valence electrons. The minimum absolute atomic E-state index is 0.0228. The highest BCUT2D eigenvalue weighted by Crippen LogP contribution is 2.39. The fourth-order valence-electron chi connectivity index (χ4n) is 1.84. The number of benzene rings is 1. The summed E-state index contributed by atoms with van der Waals surface area (Å²) in [5.74, 6) is 1.59. The molecule has 4 nitrogen and oxygen atoms in total. The van der Waals surface area contributed by atoms with Crippen molar-refractivity contribution in [1.29, 1.82) is 0 Å². The summed E-state index contributed by atoms with van der Waals surface area (Å²) in [6, 6.07) is 1.66. The maximum absolute atomic E-state index is 11.3. The van der Waals surface area contributed by atoms with Gasteiger partial charge in [-0.05, 0) is 20.3 Å². The second-order valence-electron chi connectivity index (χ2n) is 4.28. The second kappa shape index (κ2) is 6.83. The van der Waals surface area contributed by atoms with Crippen molar-refractivity contribution in [3.63, 3.8) is 0 Å². The van der Waals surface area contributed by atoms with Crippen LogP contribution in [-0.4, -0.2) is 26.6 Å². The normalized spacial score (nSPS) is 10.2. The molecule has 0 aromatic heterocycles. The topological polar surface area (TPSA) is 44.8 Å². The third-order valence-electron chi connectivity index (χ3n) is 2.61. The molecule has 0 heterocycles. The summed E-state index contributed by atoms with van der Waals surface area (Å²) in [7, 11) is 3.07. The first-order valence-corrected chi connectivity index (χ1v) is 6.09. The monoisotopic (exact) mass is 264 g/mol. The first-order chi connectivity index (χ1) is 9.08.